The summed E-state index contributed by atoms with van der Waals surface area (Å²) in [6.45, 7) is 5.88. The predicted octanol–water partition coefficient (Wildman–Crippen LogP) is 2.64. The molecule has 1 aliphatic rings. The molecule has 0 bridgehead atoms. The molecule has 5 nitrogen and oxygen atoms in total. The highest BCUT2D eigenvalue weighted by Gasteiger charge is 2.56. The van der Waals surface area contributed by atoms with Gasteiger partial charge in [-0.25, -0.2) is 0 Å². The van der Waals surface area contributed by atoms with Crippen molar-refractivity contribution < 1.29 is 14.3 Å². The zero-order valence-electron chi connectivity index (χ0n) is 13.7. The van der Waals surface area contributed by atoms with Crippen LogP contribution in [0.5, 0.6) is 5.75 Å². The Labute approximate surface area is 131 Å². The van der Waals surface area contributed by atoms with Gasteiger partial charge in [-0.1, -0.05) is 13.0 Å². The summed E-state index contributed by atoms with van der Waals surface area (Å²) in [6, 6.07) is 5.64. The van der Waals surface area contributed by atoms with E-state index in [2.05, 4.69) is 10.6 Å². The van der Waals surface area contributed by atoms with Crippen molar-refractivity contribution in [1.82, 2.24) is 5.32 Å². The van der Waals surface area contributed by atoms with Crippen molar-refractivity contribution in [2.24, 2.45) is 5.41 Å². The van der Waals surface area contributed by atoms with E-state index in [0.29, 0.717) is 24.3 Å². The van der Waals surface area contributed by atoms with Crippen LogP contribution in [0.15, 0.2) is 18.2 Å². The summed E-state index contributed by atoms with van der Waals surface area (Å²) in [6.07, 6.45) is 2.03. The molecule has 1 unspecified atom stereocenters. The number of benzene rings is 1. The molecule has 1 aliphatic carbocycles. The summed E-state index contributed by atoms with van der Waals surface area (Å²) in [5.41, 5.74) is 0.707. The molecular weight excluding hydrogens is 280 g/mol. The Balaban J connectivity index is 2.12. The lowest BCUT2D eigenvalue weighted by Gasteiger charge is -2.19. The third-order valence-corrected chi connectivity index (χ3v) is 4.21. The summed E-state index contributed by atoms with van der Waals surface area (Å²) in [5.74, 6) is 0.167. The molecule has 1 aromatic carbocycles. The van der Waals surface area contributed by atoms with Gasteiger partial charge in [0, 0.05) is 6.04 Å². The van der Waals surface area contributed by atoms with Gasteiger partial charge in [0.25, 0.3) is 0 Å². The summed E-state index contributed by atoms with van der Waals surface area (Å²) in [5, 5.41) is 5.76. The van der Waals surface area contributed by atoms with E-state index < -0.39 is 5.41 Å². The highest BCUT2D eigenvalue weighted by molar-refractivity contribution is 6.13. The van der Waals surface area contributed by atoms with Crippen LogP contribution >= 0.6 is 0 Å². The number of hydrogen-bond donors (Lipinski definition) is 2. The average Bonchev–Trinajstić information content (AvgIpc) is 3.29. The molecular formula is C17H24N2O3. The monoisotopic (exact) mass is 304 g/mol. The summed E-state index contributed by atoms with van der Waals surface area (Å²) in [4.78, 5) is 24.9. The van der Waals surface area contributed by atoms with Crippen molar-refractivity contribution in [3.8, 4) is 5.75 Å². The van der Waals surface area contributed by atoms with Crippen LogP contribution in [0.1, 0.15) is 38.7 Å². The number of aryl methyl sites for hydroxylation is 1. The highest BCUT2D eigenvalue weighted by Crippen LogP contribution is 2.47. The number of nitrogens with one attached hydrogen (secondary N) is 2. The molecule has 0 aliphatic heterocycles. The van der Waals surface area contributed by atoms with Crippen molar-refractivity contribution in [2.45, 2.75) is 46.1 Å². The molecule has 0 radical (unpaired) electrons. The third-order valence-electron chi connectivity index (χ3n) is 4.21. The zero-order chi connectivity index (χ0) is 16.3. The Morgan fingerprint density at radius 1 is 1.32 bits per heavy atom. The predicted molar refractivity (Wildman–Crippen MR) is 85.9 cm³/mol. The largest absolute Gasteiger partial charge is 0.495 e. The maximum absolute atomic E-state index is 12.6. The molecule has 1 saturated carbocycles. The van der Waals surface area contributed by atoms with Gasteiger partial charge >= 0.3 is 0 Å². The normalized spacial score (nSPS) is 16.5. The van der Waals surface area contributed by atoms with E-state index >= 15 is 0 Å². The van der Waals surface area contributed by atoms with Gasteiger partial charge in [-0.2, -0.15) is 0 Å². The smallest absolute Gasteiger partial charge is 0.240 e. The van der Waals surface area contributed by atoms with Crippen LogP contribution < -0.4 is 15.4 Å². The van der Waals surface area contributed by atoms with E-state index in [-0.39, 0.29) is 17.9 Å². The molecule has 1 fully saturated rings. The summed E-state index contributed by atoms with van der Waals surface area (Å²) >= 11 is 0. The molecule has 22 heavy (non-hydrogen) atoms. The second kappa shape index (κ2) is 6.38. The van der Waals surface area contributed by atoms with Crippen molar-refractivity contribution in [2.75, 3.05) is 12.4 Å². The van der Waals surface area contributed by atoms with Crippen molar-refractivity contribution in [3.05, 3.63) is 23.8 Å². The van der Waals surface area contributed by atoms with Crippen molar-refractivity contribution in [1.29, 1.82) is 0 Å². The Hall–Kier alpha value is -2.04. The zero-order valence-corrected chi connectivity index (χ0v) is 13.7. The quantitative estimate of drug-likeness (QED) is 0.794. The first kappa shape index (κ1) is 16.3. The van der Waals surface area contributed by atoms with E-state index in [9.17, 15) is 9.59 Å². The van der Waals surface area contributed by atoms with E-state index in [1.807, 2.05) is 39.0 Å². The number of carbonyl (C=O) groups excluding carboxylic acids is 2. The number of hydrogen-bond acceptors (Lipinski definition) is 3. The fourth-order valence-corrected chi connectivity index (χ4v) is 2.31. The summed E-state index contributed by atoms with van der Waals surface area (Å²) < 4.78 is 5.26. The van der Waals surface area contributed by atoms with E-state index in [1.165, 1.54) is 0 Å². The lowest BCUT2D eigenvalue weighted by molar-refractivity contribution is -0.134. The van der Waals surface area contributed by atoms with Crippen LogP contribution in [0.25, 0.3) is 0 Å². The van der Waals surface area contributed by atoms with Gasteiger partial charge in [-0.3, -0.25) is 9.59 Å². The van der Waals surface area contributed by atoms with E-state index in [4.69, 9.17) is 4.74 Å². The van der Waals surface area contributed by atoms with Crippen LogP contribution in [0.3, 0.4) is 0 Å². The molecule has 0 saturated heterocycles. The van der Waals surface area contributed by atoms with Crippen LogP contribution in [0.2, 0.25) is 0 Å². The molecule has 1 aromatic rings. The fraction of sp³-hybridized carbons (Fsp3) is 0.529. The number of anilines is 1. The molecule has 2 amide bonds. The molecule has 120 valence electrons. The van der Waals surface area contributed by atoms with Gasteiger partial charge in [-0.05, 0) is 50.8 Å². The Bertz CT molecular complexity index is 579. The van der Waals surface area contributed by atoms with Gasteiger partial charge in [0.15, 0.2) is 0 Å². The Kier molecular flexibility index (Phi) is 4.74. The van der Waals surface area contributed by atoms with Crippen LogP contribution in [-0.4, -0.2) is 25.0 Å². The van der Waals surface area contributed by atoms with Crippen molar-refractivity contribution in [3.63, 3.8) is 0 Å². The van der Waals surface area contributed by atoms with Gasteiger partial charge in [0.05, 0.1) is 12.8 Å². The minimum Gasteiger partial charge on any atom is -0.495 e. The second-order valence-corrected chi connectivity index (χ2v) is 6.02. The van der Waals surface area contributed by atoms with Gasteiger partial charge < -0.3 is 15.4 Å². The molecule has 5 heteroatoms. The minimum atomic E-state index is -0.918. The topological polar surface area (TPSA) is 67.4 Å². The molecule has 2 rings (SSSR count). The van der Waals surface area contributed by atoms with Gasteiger partial charge in [-0.15, -0.1) is 0 Å². The molecule has 2 N–H and O–H groups in total. The number of carbonyl (C=O) groups is 2. The van der Waals surface area contributed by atoms with Crippen molar-refractivity contribution >= 4 is 17.5 Å². The lowest BCUT2D eigenvalue weighted by atomic mass is 10.0. The first-order valence-corrected chi connectivity index (χ1v) is 7.70. The van der Waals surface area contributed by atoms with Crippen LogP contribution in [0, 0.1) is 12.3 Å². The van der Waals surface area contributed by atoms with Crippen LogP contribution in [0.4, 0.5) is 5.69 Å². The van der Waals surface area contributed by atoms with E-state index in [0.717, 1.165) is 12.0 Å². The maximum atomic E-state index is 12.6. The Morgan fingerprint density at radius 3 is 2.55 bits per heavy atom. The number of rotatable bonds is 6. The summed E-state index contributed by atoms with van der Waals surface area (Å²) in [7, 11) is 1.56. The number of methoxy groups -OCH3 is 1. The lowest BCUT2D eigenvalue weighted by Crippen LogP contribution is -2.43. The first-order valence-electron chi connectivity index (χ1n) is 7.70. The average molecular weight is 304 g/mol. The number of amides is 2. The third kappa shape index (κ3) is 3.24. The standard InChI is InChI=1S/C17H24N2O3/c1-5-12(3)18-15(20)17(8-9-17)16(21)19-13-10-11(2)6-7-14(13)22-4/h6-7,10,12H,5,8-9H2,1-4H3,(H,18,20)(H,19,21). The highest BCUT2D eigenvalue weighted by atomic mass is 16.5. The van der Waals surface area contributed by atoms with Gasteiger partial charge in [0.1, 0.15) is 11.2 Å². The maximum Gasteiger partial charge on any atom is 0.240 e. The Morgan fingerprint density at radius 2 is 2.00 bits per heavy atom. The first-order chi connectivity index (χ1) is 10.4. The van der Waals surface area contributed by atoms with Crippen LogP contribution in [-0.2, 0) is 9.59 Å². The molecule has 0 heterocycles. The molecule has 1 atom stereocenters. The molecule has 0 aromatic heterocycles. The van der Waals surface area contributed by atoms with Gasteiger partial charge in [0.2, 0.25) is 11.8 Å². The molecule has 0 spiro atoms. The minimum absolute atomic E-state index is 0.0753. The fourth-order valence-electron chi connectivity index (χ4n) is 2.31. The number of ether oxygens (including phenoxy) is 1. The van der Waals surface area contributed by atoms with E-state index in [1.54, 1.807) is 7.11 Å². The second-order valence-electron chi connectivity index (χ2n) is 6.02. The SMILES string of the molecule is CCC(C)NC(=O)C1(C(=O)Nc2cc(C)ccc2OC)CC1.